The number of rotatable bonds is 4. The lowest BCUT2D eigenvalue weighted by molar-refractivity contribution is 0.399. The van der Waals surface area contributed by atoms with Crippen molar-refractivity contribution >= 4 is 23.0 Å². The Morgan fingerprint density at radius 1 is 1.59 bits per heavy atom. The summed E-state index contributed by atoms with van der Waals surface area (Å²) in [6.45, 7) is 3.26. The summed E-state index contributed by atoms with van der Waals surface area (Å²) in [5.74, 6) is 1.47. The van der Waals surface area contributed by atoms with E-state index in [9.17, 15) is 0 Å². The highest BCUT2D eigenvalue weighted by molar-refractivity contribution is 7.80. The number of nitrogens with zero attached hydrogens (tertiary/aromatic N) is 3. The predicted molar refractivity (Wildman–Crippen MR) is 72.0 cm³/mol. The number of hydrogen-bond donors (Lipinski definition) is 2. The van der Waals surface area contributed by atoms with Crippen LogP contribution < -0.4 is 11.1 Å². The fourth-order valence-corrected chi connectivity index (χ4v) is 2.09. The van der Waals surface area contributed by atoms with Crippen molar-refractivity contribution in [2.24, 2.45) is 11.7 Å². The Balaban J connectivity index is 1.85. The number of likely N-dealkylation sites (tertiary alicyclic amines) is 1. The molecule has 1 unspecified atom stereocenters. The first-order valence-corrected chi connectivity index (χ1v) is 6.10. The summed E-state index contributed by atoms with van der Waals surface area (Å²) >= 11 is 4.82. The summed E-state index contributed by atoms with van der Waals surface area (Å²) in [6.07, 6.45) is 4.51. The van der Waals surface area contributed by atoms with Gasteiger partial charge in [-0.2, -0.15) is 0 Å². The molecule has 1 aromatic rings. The normalized spacial score (nSPS) is 20.4. The van der Waals surface area contributed by atoms with E-state index in [4.69, 9.17) is 18.0 Å². The van der Waals surface area contributed by atoms with Crippen LogP contribution in [0.3, 0.4) is 0 Å². The van der Waals surface area contributed by atoms with E-state index in [1.807, 2.05) is 0 Å². The molecule has 1 saturated heterocycles. The maximum Gasteiger partial charge on any atom is 0.144 e. The van der Waals surface area contributed by atoms with Gasteiger partial charge in [0.25, 0.3) is 0 Å². The first kappa shape index (κ1) is 12.2. The van der Waals surface area contributed by atoms with Crippen LogP contribution in [0.2, 0.25) is 0 Å². The van der Waals surface area contributed by atoms with Crippen LogP contribution in [-0.2, 0) is 0 Å². The molecule has 0 amide bonds. The molecule has 2 heterocycles. The smallest absolute Gasteiger partial charge is 0.144 e. The molecule has 92 valence electrons. The Morgan fingerprint density at radius 3 is 2.94 bits per heavy atom. The first-order chi connectivity index (χ1) is 8.15. The second kappa shape index (κ2) is 5.37. The molecule has 2 rings (SSSR count). The minimum absolute atomic E-state index is 0.279. The van der Waals surface area contributed by atoms with Crippen molar-refractivity contribution in [3.63, 3.8) is 0 Å². The lowest BCUT2D eigenvalue weighted by atomic mass is 10.1. The number of hydrogen-bond acceptors (Lipinski definition) is 5. The van der Waals surface area contributed by atoms with Crippen molar-refractivity contribution in [3.8, 4) is 0 Å². The van der Waals surface area contributed by atoms with Crippen LogP contribution in [0.5, 0.6) is 0 Å². The van der Waals surface area contributed by atoms with Crippen molar-refractivity contribution in [2.45, 2.75) is 6.42 Å². The maximum absolute atomic E-state index is 5.46. The van der Waals surface area contributed by atoms with Gasteiger partial charge in [-0.1, -0.05) is 12.2 Å². The average molecular weight is 251 g/mol. The topological polar surface area (TPSA) is 67.1 Å². The van der Waals surface area contributed by atoms with Gasteiger partial charge in [-0.3, -0.25) is 0 Å². The van der Waals surface area contributed by atoms with Crippen LogP contribution in [0.1, 0.15) is 12.1 Å². The van der Waals surface area contributed by atoms with E-state index in [1.165, 1.54) is 13.0 Å². The lowest BCUT2D eigenvalue weighted by Gasteiger charge is -2.11. The molecule has 0 aromatic carbocycles. The van der Waals surface area contributed by atoms with Gasteiger partial charge in [0.15, 0.2) is 0 Å². The summed E-state index contributed by atoms with van der Waals surface area (Å²) in [5, 5.41) is 3.29. The van der Waals surface area contributed by atoms with Crippen molar-refractivity contribution in [3.05, 3.63) is 18.1 Å². The molecule has 1 atom stereocenters. The zero-order valence-corrected chi connectivity index (χ0v) is 10.7. The number of thiocarbonyl (C=S) groups is 1. The van der Waals surface area contributed by atoms with Gasteiger partial charge in [-0.05, 0) is 25.9 Å². The molecular weight excluding hydrogens is 234 g/mol. The summed E-state index contributed by atoms with van der Waals surface area (Å²) in [5.41, 5.74) is 6.02. The highest BCUT2D eigenvalue weighted by atomic mass is 32.1. The van der Waals surface area contributed by atoms with E-state index in [0.717, 1.165) is 18.9 Å². The third kappa shape index (κ3) is 3.34. The second-order valence-corrected chi connectivity index (χ2v) is 4.89. The average Bonchev–Trinajstić information content (AvgIpc) is 2.73. The third-order valence-corrected chi connectivity index (χ3v) is 3.17. The Labute approximate surface area is 106 Å². The third-order valence-electron chi connectivity index (χ3n) is 2.97. The molecule has 0 saturated carbocycles. The van der Waals surface area contributed by atoms with Crippen LogP contribution in [0.4, 0.5) is 5.82 Å². The van der Waals surface area contributed by atoms with Crippen molar-refractivity contribution < 1.29 is 0 Å². The molecule has 0 aliphatic carbocycles. The highest BCUT2D eigenvalue weighted by Crippen LogP contribution is 2.14. The van der Waals surface area contributed by atoms with E-state index in [0.29, 0.717) is 11.6 Å². The quantitative estimate of drug-likeness (QED) is 0.759. The summed E-state index contributed by atoms with van der Waals surface area (Å²) in [6, 6.07) is 0. The molecule has 1 aliphatic rings. The van der Waals surface area contributed by atoms with Gasteiger partial charge >= 0.3 is 0 Å². The Hall–Kier alpha value is -1.27. The Bertz CT molecular complexity index is 391. The van der Waals surface area contributed by atoms with Gasteiger partial charge in [-0.15, -0.1) is 0 Å². The maximum atomic E-state index is 5.46. The molecule has 0 bridgehead atoms. The molecule has 17 heavy (non-hydrogen) atoms. The summed E-state index contributed by atoms with van der Waals surface area (Å²) in [4.78, 5) is 11.0. The highest BCUT2D eigenvalue weighted by Gasteiger charge is 2.18. The molecule has 6 heteroatoms. The Kier molecular flexibility index (Phi) is 3.86. The van der Waals surface area contributed by atoms with E-state index in [1.54, 1.807) is 12.4 Å². The van der Waals surface area contributed by atoms with Crippen LogP contribution in [0.15, 0.2) is 12.4 Å². The molecule has 1 fully saturated rings. The number of nitrogens with two attached hydrogens (primary N) is 1. The van der Waals surface area contributed by atoms with Crippen LogP contribution in [-0.4, -0.2) is 46.5 Å². The van der Waals surface area contributed by atoms with Gasteiger partial charge in [0.1, 0.15) is 16.5 Å². The summed E-state index contributed by atoms with van der Waals surface area (Å²) < 4.78 is 0. The minimum atomic E-state index is 0.279. The van der Waals surface area contributed by atoms with Gasteiger partial charge in [0.05, 0.1) is 12.4 Å². The number of anilines is 1. The van der Waals surface area contributed by atoms with Crippen LogP contribution >= 0.6 is 12.2 Å². The van der Waals surface area contributed by atoms with Crippen LogP contribution in [0, 0.1) is 5.92 Å². The van der Waals surface area contributed by atoms with Crippen LogP contribution in [0.25, 0.3) is 0 Å². The standard InChI is InChI=1S/C11H17N5S/c1-16-3-2-8(7-16)4-14-10-6-13-9(5-15-10)11(12)17/h5-6,8H,2-4,7H2,1H3,(H2,12,17)(H,14,15). The van der Waals surface area contributed by atoms with E-state index < -0.39 is 0 Å². The Morgan fingerprint density at radius 2 is 2.41 bits per heavy atom. The SMILES string of the molecule is CN1CCC(CNc2cnc(C(N)=S)cn2)C1. The van der Waals surface area contributed by atoms with Crippen molar-refractivity contribution in [2.75, 3.05) is 32.0 Å². The molecule has 5 nitrogen and oxygen atoms in total. The number of aromatic nitrogens is 2. The fourth-order valence-electron chi connectivity index (χ4n) is 1.99. The van der Waals surface area contributed by atoms with Crippen molar-refractivity contribution in [1.82, 2.24) is 14.9 Å². The number of nitrogens with one attached hydrogen (secondary N) is 1. The summed E-state index contributed by atoms with van der Waals surface area (Å²) in [7, 11) is 2.15. The molecule has 0 radical (unpaired) electrons. The lowest BCUT2D eigenvalue weighted by Crippen LogP contribution is -2.19. The largest absolute Gasteiger partial charge is 0.388 e. The minimum Gasteiger partial charge on any atom is -0.388 e. The van der Waals surface area contributed by atoms with Crippen molar-refractivity contribution in [1.29, 1.82) is 0 Å². The molecule has 1 aliphatic heterocycles. The fraction of sp³-hybridized carbons (Fsp3) is 0.545. The zero-order chi connectivity index (χ0) is 12.3. The monoisotopic (exact) mass is 251 g/mol. The molecule has 1 aromatic heterocycles. The van der Waals surface area contributed by atoms with E-state index >= 15 is 0 Å². The van der Waals surface area contributed by atoms with Gasteiger partial charge in [-0.25, -0.2) is 9.97 Å². The van der Waals surface area contributed by atoms with E-state index in [-0.39, 0.29) is 4.99 Å². The first-order valence-electron chi connectivity index (χ1n) is 5.69. The predicted octanol–water partition coefficient (Wildman–Crippen LogP) is 0.474. The molecule has 0 spiro atoms. The second-order valence-electron chi connectivity index (χ2n) is 4.45. The van der Waals surface area contributed by atoms with E-state index in [2.05, 4.69) is 27.2 Å². The van der Waals surface area contributed by atoms with Gasteiger partial charge < -0.3 is 16.0 Å². The molecule has 3 N–H and O–H groups in total. The van der Waals surface area contributed by atoms with Gasteiger partial charge in [0.2, 0.25) is 0 Å². The molecular formula is C11H17N5S. The zero-order valence-electron chi connectivity index (χ0n) is 9.89. The van der Waals surface area contributed by atoms with Gasteiger partial charge in [0, 0.05) is 13.1 Å².